The molecular weight excluding hydrogens is 514 g/mol. The van der Waals surface area contributed by atoms with Crippen molar-refractivity contribution in [2.45, 2.75) is 19.4 Å². The lowest BCUT2D eigenvalue weighted by Gasteiger charge is -2.35. The molecule has 3 aromatic carbocycles. The van der Waals surface area contributed by atoms with Gasteiger partial charge in [0, 0.05) is 50.4 Å². The Bertz CT molecular complexity index is 1460. The van der Waals surface area contributed by atoms with Gasteiger partial charge in [-0.2, -0.15) is 15.0 Å². The average Bonchev–Trinajstić information content (AvgIpc) is 3.34. The first-order valence-electron chi connectivity index (χ1n) is 13.4. The summed E-state index contributed by atoms with van der Waals surface area (Å²) in [5.41, 5.74) is 6.75. The second-order valence-electron chi connectivity index (χ2n) is 10.3. The molecule has 1 atom stereocenters. The van der Waals surface area contributed by atoms with Crippen LogP contribution in [-0.2, 0) is 11.2 Å². The number of para-hydroxylation sites is 1. The van der Waals surface area contributed by atoms with E-state index in [4.69, 9.17) is 4.74 Å². The highest BCUT2D eigenvalue weighted by Crippen LogP contribution is 2.23. The van der Waals surface area contributed by atoms with Crippen LogP contribution in [0.15, 0.2) is 66.9 Å². The summed E-state index contributed by atoms with van der Waals surface area (Å²) >= 11 is 0. The summed E-state index contributed by atoms with van der Waals surface area (Å²) in [6.07, 6.45) is 2.08. The van der Waals surface area contributed by atoms with Crippen molar-refractivity contribution >= 4 is 22.5 Å². The van der Waals surface area contributed by atoms with Crippen molar-refractivity contribution in [3.8, 4) is 0 Å². The van der Waals surface area contributed by atoms with E-state index < -0.39 is 11.6 Å². The Balaban J connectivity index is 1.41. The molecule has 0 unspecified atom stereocenters. The number of methoxy groups -OCH3 is 1. The molecule has 8 nitrogen and oxygen atoms in total. The summed E-state index contributed by atoms with van der Waals surface area (Å²) < 4.78 is 32.8. The molecule has 4 aromatic rings. The minimum Gasteiger partial charge on any atom is -0.382 e. The summed E-state index contributed by atoms with van der Waals surface area (Å²) in [4.78, 5) is 19.9. The first kappa shape index (κ1) is 27.5. The van der Waals surface area contributed by atoms with Crippen LogP contribution in [0.4, 0.5) is 14.5 Å². The van der Waals surface area contributed by atoms with Crippen molar-refractivity contribution in [1.29, 1.82) is 0 Å². The minimum absolute atomic E-state index is 0.245. The third-order valence-corrected chi connectivity index (χ3v) is 7.18. The third-order valence-electron chi connectivity index (χ3n) is 7.18. The molecule has 5 rings (SSSR count). The molecule has 1 N–H and O–H groups in total. The quantitative estimate of drug-likeness (QED) is 0.320. The van der Waals surface area contributed by atoms with Gasteiger partial charge < -0.3 is 14.5 Å². The number of hydrogen-bond donors (Lipinski definition) is 1. The molecule has 10 heteroatoms. The van der Waals surface area contributed by atoms with Crippen LogP contribution in [0.1, 0.15) is 28.4 Å². The number of nitrogens with one attached hydrogen (secondary N) is 1. The Kier molecular flexibility index (Phi) is 8.27. The largest absolute Gasteiger partial charge is 0.382 e. The van der Waals surface area contributed by atoms with E-state index in [-0.39, 0.29) is 11.9 Å². The fraction of sp³-hybridized carbons (Fsp3) is 0.333. The monoisotopic (exact) mass is 548 g/mol. The minimum atomic E-state index is -0.600. The van der Waals surface area contributed by atoms with Gasteiger partial charge in [-0.25, -0.2) is 14.2 Å². The molecule has 2 heterocycles. The van der Waals surface area contributed by atoms with E-state index in [1.54, 1.807) is 23.2 Å². The standard InChI is InChI=1S/C30H34F2N6O2/c1-21(20-40-3)37(34-30(39)27-6-4-5-7-29(27)36-12-10-35(2)11-13-36)38-28-9-8-22(15-24(28)19-33-38)14-23-16-25(31)18-26(32)17-23/h4-9,15-19,21H,10-14,20H2,1-3H3,(H,34,39)/t21-/m1/s1. The molecule has 1 amide bonds. The highest BCUT2D eigenvalue weighted by Gasteiger charge is 2.24. The molecule has 1 aliphatic rings. The van der Waals surface area contributed by atoms with Crippen LogP contribution >= 0.6 is 0 Å². The van der Waals surface area contributed by atoms with E-state index in [1.165, 1.54) is 12.1 Å². The van der Waals surface area contributed by atoms with E-state index in [9.17, 15) is 13.6 Å². The smallest absolute Gasteiger partial charge is 0.273 e. The topological polar surface area (TPSA) is 65.9 Å². The van der Waals surface area contributed by atoms with E-state index in [0.717, 1.165) is 54.4 Å². The predicted octanol–water partition coefficient (Wildman–Crippen LogP) is 3.98. The molecule has 0 bridgehead atoms. The molecule has 0 aliphatic carbocycles. The number of carbonyl (C=O) groups excluding carboxylic acids is 1. The van der Waals surface area contributed by atoms with E-state index in [1.807, 2.05) is 49.4 Å². The molecular formula is C30H34F2N6O2. The van der Waals surface area contributed by atoms with Gasteiger partial charge in [0.25, 0.3) is 5.91 Å². The van der Waals surface area contributed by atoms with Gasteiger partial charge in [0.2, 0.25) is 0 Å². The summed E-state index contributed by atoms with van der Waals surface area (Å²) in [6, 6.07) is 16.7. The Hall–Kier alpha value is -4.02. The number of nitrogens with zero attached hydrogens (tertiary/aromatic N) is 5. The predicted molar refractivity (Wildman–Crippen MR) is 152 cm³/mol. The number of halogens is 2. The summed E-state index contributed by atoms with van der Waals surface area (Å²) in [5, 5.41) is 7.09. The Morgan fingerprint density at radius 2 is 1.75 bits per heavy atom. The molecule has 1 aromatic heterocycles. The number of amides is 1. The SMILES string of the molecule is COC[C@@H](C)N(NC(=O)c1ccccc1N1CCN(C)CC1)n1ncc2cc(Cc3cc(F)cc(F)c3)ccc21. The zero-order chi connectivity index (χ0) is 28.2. The van der Waals surface area contributed by atoms with Crippen LogP contribution in [0.2, 0.25) is 0 Å². The number of hydrogen-bond acceptors (Lipinski definition) is 6. The lowest BCUT2D eigenvalue weighted by atomic mass is 10.0. The number of rotatable bonds is 9. The van der Waals surface area contributed by atoms with E-state index in [0.29, 0.717) is 24.2 Å². The van der Waals surface area contributed by atoms with Crippen molar-refractivity contribution in [1.82, 2.24) is 20.2 Å². The molecule has 1 aliphatic heterocycles. The zero-order valence-corrected chi connectivity index (χ0v) is 23.0. The first-order chi connectivity index (χ1) is 19.3. The highest BCUT2D eigenvalue weighted by molar-refractivity contribution is 6.00. The van der Waals surface area contributed by atoms with Gasteiger partial charge in [-0.1, -0.05) is 18.2 Å². The van der Waals surface area contributed by atoms with Gasteiger partial charge in [0.15, 0.2) is 0 Å². The number of aromatic nitrogens is 2. The van der Waals surface area contributed by atoms with Crippen LogP contribution < -0.4 is 15.4 Å². The molecule has 1 saturated heterocycles. The van der Waals surface area contributed by atoms with Crippen LogP contribution in [0.5, 0.6) is 0 Å². The van der Waals surface area contributed by atoms with Crippen molar-refractivity contribution in [2.75, 3.05) is 57.0 Å². The number of anilines is 1. The van der Waals surface area contributed by atoms with Crippen LogP contribution in [-0.4, -0.2) is 73.7 Å². The highest BCUT2D eigenvalue weighted by atomic mass is 19.1. The Morgan fingerprint density at radius 3 is 2.48 bits per heavy atom. The van der Waals surface area contributed by atoms with Crippen molar-refractivity contribution in [3.05, 3.63) is 95.2 Å². The maximum Gasteiger partial charge on any atom is 0.273 e. The van der Waals surface area contributed by atoms with Crippen LogP contribution in [0.25, 0.3) is 10.9 Å². The molecule has 40 heavy (non-hydrogen) atoms. The second-order valence-corrected chi connectivity index (χ2v) is 10.3. The van der Waals surface area contributed by atoms with Crippen molar-refractivity contribution in [3.63, 3.8) is 0 Å². The Morgan fingerprint density at radius 1 is 1.02 bits per heavy atom. The molecule has 0 saturated carbocycles. The average molecular weight is 549 g/mol. The number of ether oxygens (including phenoxy) is 1. The lowest BCUT2D eigenvalue weighted by molar-refractivity contribution is 0.0911. The van der Waals surface area contributed by atoms with Gasteiger partial charge in [-0.3, -0.25) is 4.79 Å². The third kappa shape index (κ3) is 6.08. The lowest BCUT2D eigenvalue weighted by Crippen LogP contribution is -2.56. The normalized spacial score (nSPS) is 14.9. The van der Waals surface area contributed by atoms with E-state index >= 15 is 0 Å². The zero-order valence-electron chi connectivity index (χ0n) is 23.0. The van der Waals surface area contributed by atoms with Gasteiger partial charge in [0.1, 0.15) is 11.6 Å². The Labute approximate surface area is 232 Å². The molecule has 0 spiro atoms. The first-order valence-corrected chi connectivity index (χ1v) is 13.4. The van der Waals surface area contributed by atoms with Gasteiger partial charge in [-0.15, -0.1) is 0 Å². The number of benzene rings is 3. The van der Waals surface area contributed by atoms with Gasteiger partial charge >= 0.3 is 0 Å². The van der Waals surface area contributed by atoms with Crippen molar-refractivity contribution in [2.24, 2.45) is 0 Å². The van der Waals surface area contributed by atoms with Crippen molar-refractivity contribution < 1.29 is 18.3 Å². The molecule has 0 radical (unpaired) electrons. The fourth-order valence-corrected chi connectivity index (χ4v) is 5.11. The molecule has 1 fully saturated rings. The number of hydrazine groups is 1. The van der Waals surface area contributed by atoms with Crippen LogP contribution in [0.3, 0.4) is 0 Å². The maximum atomic E-state index is 13.7. The number of piperazine rings is 1. The number of likely N-dealkylation sites (N-methyl/N-ethyl adjacent to an activating group) is 1. The second kappa shape index (κ2) is 12.0. The maximum absolute atomic E-state index is 13.7. The van der Waals surface area contributed by atoms with Crippen LogP contribution in [0, 0.1) is 11.6 Å². The number of fused-ring (bicyclic) bond motifs is 1. The summed E-state index contributed by atoms with van der Waals surface area (Å²) in [7, 11) is 3.71. The van der Waals surface area contributed by atoms with Gasteiger partial charge in [0.05, 0.1) is 29.9 Å². The summed E-state index contributed by atoms with van der Waals surface area (Å²) in [6.45, 7) is 5.85. The van der Waals surface area contributed by atoms with Gasteiger partial charge in [-0.05, 0) is 67.9 Å². The fourth-order valence-electron chi connectivity index (χ4n) is 5.11. The van der Waals surface area contributed by atoms with E-state index in [2.05, 4.69) is 27.4 Å². The number of carbonyl (C=O) groups is 1. The molecule has 210 valence electrons. The summed E-state index contributed by atoms with van der Waals surface area (Å²) in [5.74, 6) is -1.45.